The standard InChI is InChI=1S/C18H25N5O3S2.HI/c1-19-17(24)15-6-3-5-14(13-15)8-9-21-18(20-2)22-10-11-23-28(25,26)16-7-4-12-27-16;/h3-7,12-13,23H,8-11H2,1-2H3,(H,19,24)(H2,20,21,22);1H. The first kappa shape index (κ1) is 25.3. The Morgan fingerprint density at radius 3 is 2.52 bits per heavy atom. The van der Waals surface area contributed by atoms with Gasteiger partial charge in [0.15, 0.2) is 5.96 Å². The molecule has 1 aromatic carbocycles. The van der Waals surface area contributed by atoms with Gasteiger partial charge in [0.2, 0.25) is 10.0 Å². The van der Waals surface area contributed by atoms with Crippen molar-refractivity contribution in [2.24, 2.45) is 4.99 Å². The van der Waals surface area contributed by atoms with Gasteiger partial charge >= 0.3 is 0 Å². The summed E-state index contributed by atoms with van der Waals surface area (Å²) in [5.41, 5.74) is 1.66. The van der Waals surface area contributed by atoms with Crippen molar-refractivity contribution >= 4 is 57.2 Å². The molecule has 29 heavy (non-hydrogen) atoms. The van der Waals surface area contributed by atoms with Crippen molar-refractivity contribution < 1.29 is 13.2 Å². The second kappa shape index (κ2) is 12.8. The highest BCUT2D eigenvalue weighted by Gasteiger charge is 2.13. The third-order valence-corrected chi connectivity index (χ3v) is 6.67. The van der Waals surface area contributed by atoms with Crippen LogP contribution in [0.4, 0.5) is 0 Å². The summed E-state index contributed by atoms with van der Waals surface area (Å²) in [6.07, 6.45) is 0.719. The largest absolute Gasteiger partial charge is 0.356 e. The van der Waals surface area contributed by atoms with Gasteiger partial charge in [0, 0.05) is 39.3 Å². The quantitative estimate of drug-likeness (QED) is 0.163. The Kier molecular flexibility index (Phi) is 11.2. The van der Waals surface area contributed by atoms with E-state index in [4.69, 9.17) is 0 Å². The molecule has 2 aromatic rings. The maximum Gasteiger partial charge on any atom is 0.251 e. The topological polar surface area (TPSA) is 112 Å². The van der Waals surface area contributed by atoms with E-state index in [0.717, 1.165) is 12.0 Å². The van der Waals surface area contributed by atoms with Crippen LogP contribution in [0.1, 0.15) is 15.9 Å². The van der Waals surface area contributed by atoms with E-state index in [1.54, 1.807) is 37.7 Å². The zero-order valence-electron chi connectivity index (χ0n) is 16.3. The molecule has 0 bridgehead atoms. The van der Waals surface area contributed by atoms with Gasteiger partial charge in [0.25, 0.3) is 5.91 Å². The molecule has 160 valence electrons. The number of hydrogen-bond donors (Lipinski definition) is 4. The summed E-state index contributed by atoms with van der Waals surface area (Å²) in [4.78, 5) is 15.8. The molecule has 11 heteroatoms. The highest BCUT2D eigenvalue weighted by atomic mass is 127. The monoisotopic (exact) mass is 551 g/mol. The number of benzene rings is 1. The van der Waals surface area contributed by atoms with Crippen LogP contribution < -0.4 is 20.7 Å². The molecule has 2 rings (SSSR count). The number of guanidine groups is 1. The van der Waals surface area contributed by atoms with Crippen LogP contribution in [0.2, 0.25) is 0 Å². The minimum atomic E-state index is -3.45. The van der Waals surface area contributed by atoms with Gasteiger partial charge < -0.3 is 16.0 Å². The molecule has 0 saturated carbocycles. The number of nitrogens with zero attached hydrogens (tertiary/aromatic N) is 1. The lowest BCUT2D eigenvalue weighted by Crippen LogP contribution is -2.42. The van der Waals surface area contributed by atoms with Gasteiger partial charge in [-0.2, -0.15) is 0 Å². The molecule has 0 aliphatic rings. The summed E-state index contributed by atoms with van der Waals surface area (Å²) in [5, 5.41) is 10.6. The molecule has 0 saturated heterocycles. The minimum Gasteiger partial charge on any atom is -0.356 e. The Morgan fingerprint density at radius 1 is 1.10 bits per heavy atom. The fourth-order valence-corrected chi connectivity index (χ4v) is 4.48. The third-order valence-electron chi connectivity index (χ3n) is 3.82. The highest BCUT2D eigenvalue weighted by molar-refractivity contribution is 14.0. The lowest BCUT2D eigenvalue weighted by atomic mass is 10.1. The number of rotatable bonds is 9. The number of carbonyl (C=O) groups excluding carboxylic acids is 1. The predicted octanol–water partition coefficient (Wildman–Crippen LogP) is 1.41. The number of sulfonamides is 1. The average molecular weight is 551 g/mol. The Morgan fingerprint density at radius 2 is 1.86 bits per heavy atom. The van der Waals surface area contributed by atoms with Crippen molar-refractivity contribution in [3.05, 3.63) is 52.9 Å². The molecule has 0 radical (unpaired) electrons. The van der Waals surface area contributed by atoms with Crippen LogP contribution in [-0.4, -0.2) is 54.0 Å². The van der Waals surface area contributed by atoms with Gasteiger partial charge in [0.1, 0.15) is 4.21 Å². The number of thiophene rings is 1. The molecule has 1 amide bonds. The van der Waals surface area contributed by atoms with Crippen LogP contribution in [0.25, 0.3) is 0 Å². The number of carbonyl (C=O) groups is 1. The van der Waals surface area contributed by atoms with Gasteiger partial charge in [-0.15, -0.1) is 35.3 Å². The number of hydrogen-bond acceptors (Lipinski definition) is 5. The van der Waals surface area contributed by atoms with Crippen LogP contribution in [0.3, 0.4) is 0 Å². The number of nitrogens with one attached hydrogen (secondary N) is 4. The Bertz CT molecular complexity index is 902. The van der Waals surface area contributed by atoms with Gasteiger partial charge in [-0.25, -0.2) is 13.1 Å². The molecule has 4 N–H and O–H groups in total. The summed E-state index contributed by atoms with van der Waals surface area (Å²) in [6, 6.07) is 10.7. The first-order chi connectivity index (χ1) is 13.5. The molecule has 1 heterocycles. The summed E-state index contributed by atoms with van der Waals surface area (Å²) in [5.74, 6) is 0.468. The Hall–Kier alpha value is -1.70. The smallest absolute Gasteiger partial charge is 0.251 e. The van der Waals surface area contributed by atoms with E-state index < -0.39 is 10.0 Å². The van der Waals surface area contributed by atoms with Crippen molar-refractivity contribution in [1.82, 2.24) is 20.7 Å². The molecular weight excluding hydrogens is 525 g/mol. The van der Waals surface area contributed by atoms with Crippen molar-refractivity contribution in [1.29, 1.82) is 0 Å². The molecule has 0 aliphatic carbocycles. The first-order valence-corrected chi connectivity index (χ1v) is 11.1. The van der Waals surface area contributed by atoms with Crippen molar-refractivity contribution in [3.63, 3.8) is 0 Å². The summed E-state index contributed by atoms with van der Waals surface area (Å²) < 4.78 is 26.9. The summed E-state index contributed by atoms with van der Waals surface area (Å²) in [6.45, 7) is 1.27. The zero-order chi connectivity index (χ0) is 20.4. The molecule has 8 nitrogen and oxygen atoms in total. The van der Waals surface area contributed by atoms with E-state index in [-0.39, 0.29) is 36.4 Å². The maximum absolute atomic E-state index is 12.0. The van der Waals surface area contributed by atoms with E-state index in [1.165, 1.54) is 11.3 Å². The van der Waals surface area contributed by atoms with E-state index in [1.807, 2.05) is 18.2 Å². The summed E-state index contributed by atoms with van der Waals surface area (Å²) in [7, 11) is -0.198. The average Bonchev–Trinajstić information content (AvgIpc) is 3.25. The van der Waals surface area contributed by atoms with Crippen LogP contribution in [0.5, 0.6) is 0 Å². The van der Waals surface area contributed by atoms with Crippen molar-refractivity contribution in [2.75, 3.05) is 33.7 Å². The molecule has 0 unspecified atom stereocenters. The molecule has 0 atom stereocenters. The Labute approximate surface area is 192 Å². The number of amides is 1. The lowest BCUT2D eigenvalue weighted by molar-refractivity contribution is 0.0963. The van der Waals surface area contributed by atoms with Crippen molar-refractivity contribution in [3.8, 4) is 0 Å². The molecule has 0 aliphatic heterocycles. The fourth-order valence-electron chi connectivity index (χ4n) is 2.41. The predicted molar refractivity (Wildman–Crippen MR) is 128 cm³/mol. The molecule has 0 fully saturated rings. The number of halogens is 1. The van der Waals surface area contributed by atoms with Gasteiger partial charge in [-0.3, -0.25) is 9.79 Å². The first-order valence-electron chi connectivity index (χ1n) is 8.75. The van der Waals surface area contributed by atoms with Gasteiger partial charge in [0.05, 0.1) is 0 Å². The zero-order valence-corrected chi connectivity index (χ0v) is 20.2. The van der Waals surface area contributed by atoms with Gasteiger partial charge in [-0.05, 0) is 35.6 Å². The van der Waals surface area contributed by atoms with Crippen LogP contribution in [0.15, 0.2) is 51.0 Å². The molecular formula is C18H26IN5O3S2. The second-order valence-electron chi connectivity index (χ2n) is 5.79. The number of aliphatic imine (C=N–C) groups is 1. The van der Waals surface area contributed by atoms with Crippen LogP contribution in [-0.2, 0) is 16.4 Å². The summed E-state index contributed by atoms with van der Waals surface area (Å²) >= 11 is 1.18. The fraction of sp³-hybridized carbons (Fsp3) is 0.333. The molecule has 0 spiro atoms. The van der Waals surface area contributed by atoms with E-state index >= 15 is 0 Å². The van der Waals surface area contributed by atoms with E-state index in [2.05, 4.69) is 25.7 Å². The van der Waals surface area contributed by atoms with E-state index in [0.29, 0.717) is 28.8 Å². The van der Waals surface area contributed by atoms with Crippen LogP contribution >= 0.6 is 35.3 Å². The van der Waals surface area contributed by atoms with E-state index in [9.17, 15) is 13.2 Å². The molecule has 1 aromatic heterocycles. The minimum absolute atomic E-state index is 0. The van der Waals surface area contributed by atoms with Crippen LogP contribution in [0, 0.1) is 0 Å². The SMILES string of the molecule is CN=C(NCCNS(=O)(=O)c1cccs1)NCCc1cccc(C(=O)NC)c1.I. The third kappa shape index (κ3) is 8.28. The maximum atomic E-state index is 12.0. The highest BCUT2D eigenvalue weighted by Crippen LogP contribution is 2.14. The normalized spacial score (nSPS) is 11.4. The second-order valence-corrected chi connectivity index (χ2v) is 8.73. The van der Waals surface area contributed by atoms with Gasteiger partial charge in [-0.1, -0.05) is 18.2 Å². The van der Waals surface area contributed by atoms with Crippen molar-refractivity contribution in [2.45, 2.75) is 10.6 Å². The Balaban J connectivity index is 0.00000420. The lowest BCUT2D eigenvalue weighted by Gasteiger charge is -2.12.